The van der Waals surface area contributed by atoms with Crippen LogP contribution in [0.15, 0.2) is 46.7 Å². The first-order valence-electron chi connectivity index (χ1n) is 6.60. The summed E-state index contributed by atoms with van der Waals surface area (Å²) in [7, 11) is 1.66. The Morgan fingerprint density at radius 1 is 1.25 bits per heavy atom. The number of nitrogens with two attached hydrogens (primary N) is 1. The third-order valence-electron chi connectivity index (χ3n) is 2.97. The van der Waals surface area contributed by atoms with Crippen LogP contribution in [0.2, 0.25) is 0 Å². The molecule has 1 aromatic carbocycles. The quantitative estimate of drug-likeness (QED) is 0.829. The molecule has 106 valence electrons. The molecule has 2 rings (SSSR count). The Labute approximate surface area is 123 Å². The number of hydrogen-bond donors (Lipinski definition) is 1. The summed E-state index contributed by atoms with van der Waals surface area (Å²) in [4.78, 5) is 9.76. The molecule has 2 N–H and O–H groups in total. The highest BCUT2D eigenvalue weighted by Gasteiger charge is 2.07. The van der Waals surface area contributed by atoms with Gasteiger partial charge in [0.1, 0.15) is 5.75 Å². The maximum Gasteiger partial charge on any atom is 0.192 e. The van der Waals surface area contributed by atoms with Gasteiger partial charge in [-0.1, -0.05) is 19.1 Å². The van der Waals surface area contributed by atoms with Crippen molar-refractivity contribution >= 4 is 11.8 Å². The third-order valence-corrected chi connectivity index (χ3v) is 3.92. The summed E-state index contributed by atoms with van der Waals surface area (Å²) >= 11 is 1.49. The molecule has 1 heterocycles. The second kappa shape index (κ2) is 7.26. The molecule has 0 aliphatic rings. The highest BCUT2D eigenvalue weighted by atomic mass is 32.2. The van der Waals surface area contributed by atoms with E-state index in [2.05, 4.69) is 16.9 Å². The van der Waals surface area contributed by atoms with E-state index in [-0.39, 0.29) is 6.04 Å². The zero-order valence-electron chi connectivity index (χ0n) is 11.7. The van der Waals surface area contributed by atoms with Crippen LogP contribution in [0.4, 0.5) is 0 Å². The normalized spacial score (nSPS) is 12.2. The summed E-state index contributed by atoms with van der Waals surface area (Å²) in [5.74, 6) is 0.832. The molecule has 0 aliphatic carbocycles. The predicted molar refractivity (Wildman–Crippen MR) is 81.1 cm³/mol. The van der Waals surface area contributed by atoms with Crippen LogP contribution >= 0.6 is 11.8 Å². The van der Waals surface area contributed by atoms with Gasteiger partial charge in [0.2, 0.25) is 0 Å². The summed E-state index contributed by atoms with van der Waals surface area (Å²) in [5.41, 5.74) is 7.00. The lowest BCUT2D eigenvalue weighted by Crippen LogP contribution is -2.21. The average molecular weight is 289 g/mol. The van der Waals surface area contributed by atoms with Crippen LogP contribution in [0.25, 0.3) is 0 Å². The third kappa shape index (κ3) is 3.95. The van der Waals surface area contributed by atoms with Crippen molar-refractivity contribution in [3.05, 3.63) is 42.2 Å². The summed E-state index contributed by atoms with van der Waals surface area (Å²) in [6, 6.07) is 8.01. The molecule has 1 aromatic heterocycles. The van der Waals surface area contributed by atoms with Crippen LogP contribution in [-0.2, 0) is 6.42 Å². The first kappa shape index (κ1) is 14.8. The van der Waals surface area contributed by atoms with Crippen molar-refractivity contribution in [2.24, 2.45) is 5.73 Å². The summed E-state index contributed by atoms with van der Waals surface area (Å²) < 4.78 is 5.32. The molecule has 20 heavy (non-hydrogen) atoms. The number of benzene rings is 1. The van der Waals surface area contributed by atoms with Crippen molar-refractivity contribution in [1.82, 2.24) is 9.97 Å². The number of rotatable bonds is 6. The molecular weight excluding hydrogens is 270 g/mol. The standard InChI is InChI=1S/C15H19N3OS/c1-3-12(16)8-11-9-17-15(18-10-11)20-14-7-5-4-6-13(14)19-2/h4-7,9-10,12H,3,8,16H2,1-2H3. The van der Waals surface area contributed by atoms with Gasteiger partial charge >= 0.3 is 0 Å². The Morgan fingerprint density at radius 2 is 1.95 bits per heavy atom. The van der Waals surface area contributed by atoms with Gasteiger partial charge in [-0.3, -0.25) is 0 Å². The molecule has 0 radical (unpaired) electrons. The second-order valence-electron chi connectivity index (χ2n) is 4.50. The van der Waals surface area contributed by atoms with Crippen LogP contribution in [0, 0.1) is 0 Å². The van der Waals surface area contributed by atoms with Crippen molar-refractivity contribution in [3.63, 3.8) is 0 Å². The van der Waals surface area contributed by atoms with Gasteiger partial charge in [0.15, 0.2) is 5.16 Å². The van der Waals surface area contributed by atoms with Crippen LogP contribution in [-0.4, -0.2) is 23.1 Å². The van der Waals surface area contributed by atoms with Gasteiger partial charge in [0.25, 0.3) is 0 Å². The van der Waals surface area contributed by atoms with Crippen molar-refractivity contribution < 1.29 is 4.74 Å². The highest BCUT2D eigenvalue weighted by molar-refractivity contribution is 7.99. The summed E-state index contributed by atoms with van der Waals surface area (Å²) in [6.45, 7) is 2.08. The zero-order valence-corrected chi connectivity index (χ0v) is 12.6. The maximum atomic E-state index is 5.93. The SMILES string of the molecule is CCC(N)Cc1cnc(Sc2ccccc2OC)nc1. The maximum absolute atomic E-state index is 5.93. The minimum atomic E-state index is 0.173. The molecule has 1 atom stereocenters. The van der Waals surface area contributed by atoms with Gasteiger partial charge in [0, 0.05) is 18.4 Å². The molecular formula is C15H19N3OS. The van der Waals surface area contributed by atoms with E-state index in [1.165, 1.54) is 11.8 Å². The smallest absolute Gasteiger partial charge is 0.192 e. The zero-order chi connectivity index (χ0) is 14.4. The molecule has 0 aliphatic heterocycles. The summed E-state index contributed by atoms with van der Waals surface area (Å²) in [5, 5.41) is 0.711. The van der Waals surface area contributed by atoms with E-state index in [9.17, 15) is 0 Å². The Balaban J connectivity index is 2.07. The molecule has 0 fully saturated rings. The first-order valence-corrected chi connectivity index (χ1v) is 7.42. The van der Waals surface area contributed by atoms with Crippen molar-refractivity contribution in [2.75, 3.05) is 7.11 Å². The molecule has 4 nitrogen and oxygen atoms in total. The van der Waals surface area contributed by atoms with E-state index >= 15 is 0 Å². The van der Waals surface area contributed by atoms with Crippen molar-refractivity contribution in [3.8, 4) is 5.75 Å². The van der Waals surface area contributed by atoms with E-state index < -0.39 is 0 Å². The van der Waals surface area contributed by atoms with Gasteiger partial charge in [-0.15, -0.1) is 0 Å². The van der Waals surface area contributed by atoms with Crippen LogP contribution in [0.1, 0.15) is 18.9 Å². The minimum absolute atomic E-state index is 0.173. The van der Waals surface area contributed by atoms with Crippen molar-refractivity contribution in [1.29, 1.82) is 0 Å². The number of ether oxygens (including phenoxy) is 1. The topological polar surface area (TPSA) is 61.0 Å². The van der Waals surface area contributed by atoms with Crippen LogP contribution < -0.4 is 10.5 Å². The highest BCUT2D eigenvalue weighted by Crippen LogP contribution is 2.32. The molecule has 0 saturated heterocycles. The number of hydrogen-bond acceptors (Lipinski definition) is 5. The summed E-state index contributed by atoms with van der Waals surface area (Å²) in [6.07, 6.45) is 5.47. The first-order chi connectivity index (χ1) is 9.72. The van der Waals surface area contributed by atoms with Crippen molar-refractivity contribution in [2.45, 2.75) is 35.9 Å². The van der Waals surface area contributed by atoms with E-state index in [1.54, 1.807) is 7.11 Å². The molecule has 5 heteroatoms. The monoisotopic (exact) mass is 289 g/mol. The molecule has 1 unspecified atom stereocenters. The number of aromatic nitrogens is 2. The van der Waals surface area contributed by atoms with Crippen LogP contribution in [0.3, 0.4) is 0 Å². The Morgan fingerprint density at radius 3 is 2.60 bits per heavy atom. The lowest BCUT2D eigenvalue weighted by atomic mass is 10.1. The Kier molecular flexibility index (Phi) is 5.38. The predicted octanol–water partition coefficient (Wildman–Crippen LogP) is 2.92. The van der Waals surface area contributed by atoms with Crippen LogP contribution in [0.5, 0.6) is 5.75 Å². The van der Waals surface area contributed by atoms with Gasteiger partial charge in [-0.25, -0.2) is 9.97 Å². The minimum Gasteiger partial charge on any atom is -0.496 e. The van der Waals surface area contributed by atoms with Gasteiger partial charge in [-0.2, -0.15) is 0 Å². The molecule has 0 spiro atoms. The number of methoxy groups -OCH3 is 1. The Hall–Kier alpha value is -1.59. The van der Waals surface area contributed by atoms with E-state index in [0.29, 0.717) is 5.16 Å². The fraction of sp³-hybridized carbons (Fsp3) is 0.333. The van der Waals surface area contributed by atoms with E-state index in [1.807, 2.05) is 36.7 Å². The van der Waals surface area contributed by atoms with E-state index in [0.717, 1.165) is 29.1 Å². The average Bonchev–Trinajstić information content (AvgIpc) is 2.49. The lowest BCUT2D eigenvalue weighted by Gasteiger charge is -2.09. The fourth-order valence-electron chi connectivity index (χ4n) is 1.75. The number of para-hydroxylation sites is 1. The van der Waals surface area contributed by atoms with Gasteiger partial charge in [-0.05, 0) is 42.3 Å². The molecule has 2 aromatic rings. The molecule has 0 saturated carbocycles. The molecule has 0 amide bonds. The fourth-order valence-corrected chi connectivity index (χ4v) is 2.56. The second-order valence-corrected chi connectivity index (χ2v) is 5.51. The van der Waals surface area contributed by atoms with Gasteiger partial charge in [0.05, 0.1) is 12.0 Å². The lowest BCUT2D eigenvalue weighted by molar-refractivity contribution is 0.405. The largest absolute Gasteiger partial charge is 0.496 e. The van der Waals surface area contributed by atoms with Gasteiger partial charge < -0.3 is 10.5 Å². The van der Waals surface area contributed by atoms with E-state index in [4.69, 9.17) is 10.5 Å². The Bertz CT molecular complexity index is 545. The molecule has 0 bridgehead atoms. The number of nitrogens with zero attached hydrogens (tertiary/aromatic N) is 2.